The molecule has 256 valence electrons. The Hall–Kier alpha value is -2.24. The van der Waals surface area contributed by atoms with Crippen LogP contribution in [0, 0.1) is 23.7 Å². The van der Waals surface area contributed by atoms with E-state index in [0.717, 1.165) is 51.4 Å². The molecule has 0 unspecified atom stereocenters. The van der Waals surface area contributed by atoms with Gasteiger partial charge in [-0.25, -0.2) is 4.98 Å². The number of hydrogen-bond donors (Lipinski definition) is 4. The number of amides is 3. The lowest BCUT2D eigenvalue weighted by molar-refractivity contribution is -0.147. The highest BCUT2D eigenvalue weighted by molar-refractivity contribution is 7.13. The van der Waals surface area contributed by atoms with Crippen LogP contribution in [0.25, 0.3) is 0 Å². The smallest absolute Gasteiger partial charge is 0.241 e. The first-order chi connectivity index (χ1) is 21.4. The minimum absolute atomic E-state index is 0.112. The second kappa shape index (κ2) is 18.8. The molecule has 0 saturated heterocycles. The average Bonchev–Trinajstić information content (AvgIpc) is 3.24. The zero-order chi connectivity index (χ0) is 32.9. The van der Waals surface area contributed by atoms with E-state index in [1.54, 1.807) is 14.1 Å². The predicted octanol–water partition coefficient (Wildman–Crippen LogP) is 4.38. The summed E-state index contributed by atoms with van der Waals surface area (Å²) in [6.07, 6.45) is 11.4. The topological polar surface area (TPSA) is 149 Å². The standard InChI is InChI=1S/C34H59N5O5S/c1-23(2)16-29(40)32(43)28(17-24-12-10-7-11-13-24)39(21-25-14-8-5-6-9-15-25)33(44)26(18-27-22-45-34(35)37-27)19-30(41)36-20-31(42)38(3)4/h22-26,28-29,32,40,43H,5-21H2,1-4H3,(H2,35,37)(H,36,41)/t26-,28+,29+,32-/m1/s1. The maximum Gasteiger partial charge on any atom is 0.241 e. The zero-order valence-electron chi connectivity index (χ0n) is 28.1. The van der Waals surface area contributed by atoms with E-state index in [-0.39, 0.29) is 43.0 Å². The lowest BCUT2D eigenvalue weighted by atomic mass is 9.81. The van der Waals surface area contributed by atoms with E-state index < -0.39 is 24.2 Å². The summed E-state index contributed by atoms with van der Waals surface area (Å²) >= 11 is 1.30. The van der Waals surface area contributed by atoms with E-state index in [4.69, 9.17) is 5.73 Å². The summed E-state index contributed by atoms with van der Waals surface area (Å²) in [6.45, 7) is 4.40. The third kappa shape index (κ3) is 12.5. The highest BCUT2D eigenvalue weighted by Gasteiger charge is 2.40. The Morgan fingerprint density at radius 3 is 2.16 bits per heavy atom. The van der Waals surface area contributed by atoms with E-state index in [1.165, 1.54) is 35.5 Å². The number of likely N-dealkylation sites (N-methyl/N-ethyl adjacent to an activating group) is 1. The van der Waals surface area contributed by atoms with Crippen LogP contribution in [0.2, 0.25) is 0 Å². The monoisotopic (exact) mass is 649 g/mol. The first kappa shape index (κ1) is 37.2. The van der Waals surface area contributed by atoms with Crippen molar-refractivity contribution >= 4 is 34.2 Å². The molecule has 2 fully saturated rings. The van der Waals surface area contributed by atoms with Crippen molar-refractivity contribution in [2.24, 2.45) is 23.7 Å². The minimum Gasteiger partial charge on any atom is -0.390 e. The van der Waals surface area contributed by atoms with Crippen LogP contribution in [0.1, 0.15) is 109 Å². The van der Waals surface area contributed by atoms with Gasteiger partial charge in [0.2, 0.25) is 17.7 Å². The van der Waals surface area contributed by atoms with Gasteiger partial charge in [-0.2, -0.15) is 0 Å². The van der Waals surface area contributed by atoms with Crippen molar-refractivity contribution in [1.82, 2.24) is 20.1 Å². The van der Waals surface area contributed by atoms with Crippen molar-refractivity contribution in [3.8, 4) is 0 Å². The van der Waals surface area contributed by atoms with Crippen LogP contribution in [0.15, 0.2) is 5.38 Å². The van der Waals surface area contributed by atoms with Gasteiger partial charge in [-0.1, -0.05) is 71.6 Å². The third-order valence-electron chi connectivity index (χ3n) is 9.66. The summed E-state index contributed by atoms with van der Waals surface area (Å²) in [7, 11) is 3.26. The number of aliphatic hydroxyl groups excluding tert-OH is 2. The van der Waals surface area contributed by atoms with Crippen LogP contribution in [0.4, 0.5) is 5.13 Å². The average molecular weight is 650 g/mol. The predicted molar refractivity (Wildman–Crippen MR) is 179 cm³/mol. The zero-order valence-corrected chi connectivity index (χ0v) is 28.9. The summed E-state index contributed by atoms with van der Waals surface area (Å²) in [6, 6.07) is -0.556. The van der Waals surface area contributed by atoms with Crippen molar-refractivity contribution in [3.05, 3.63) is 11.1 Å². The number of aromatic nitrogens is 1. The van der Waals surface area contributed by atoms with Gasteiger partial charge in [0.1, 0.15) is 6.10 Å². The Morgan fingerprint density at radius 1 is 1.00 bits per heavy atom. The van der Waals surface area contributed by atoms with E-state index in [1.807, 2.05) is 24.1 Å². The molecule has 1 aromatic rings. The largest absolute Gasteiger partial charge is 0.390 e. The summed E-state index contributed by atoms with van der Waals surface area (Å²) < 4.78 is 0. The molecule has 1 heterocycles. The van der Waals surface area contributed by atoms with Gasteiger partial charge in [-0.3, -0.25) is 14.4 Å². The molecular weight excluding hydrogens is 590 g/mol. The molecule has 0 bridgehead atoms. The second-order valence-electron chi connectivity index (χ2n) is 14.2. The van der Waals surface area contributed by atoms with E-state index in [0.29, 0.717) is 42.0 Å². The van der Waals surface area contributed by atoms with E-state index in [2.05, 4.69) is 10.3 Å². The van der Waals surface area contributed by atoms with E-state index in [9.17, 15) is 24.6 Å². The molecule has 2 aliphatic rings. The molecule has 2 saturated carbocycles. The number of anilines is 1. The first-order valence-electron chi connectivity index (χ1n) is 17.3. The van der Waals surface area contributed by atoms with Crippen LogP contribution < -0.4 is 11.1 Å². The lowest BCUT2D eigenvalue weighted by Gasteiger charge is -2.42. The Morgan fingerprint density at radius 2 is 1.60 bits per heavy atom. The van der Waals surface area contributed by atoms with Crippen LogP contribution >= 0.6 is 11.3 Å². The molecule has 0 spiro atoms. The summed E-state index contributed by atoms with van der Waals surface area (Å²) in [5.41, 5.74) is 6.58. The van der Waals surface area contributed by atoms with Crippen LogP contribution in [-0.2, 0) is 20.8 Å². The lowest BCUT2D eigenvalue weighted by Crippen LogP contribution is -2.55. The molecule has 4 atom stereocenters. The SMILES string of the molecule is CC(C)C[C@H](O)[C@H](O)[C@H](CC1CCCCC1)N(CC1CCCCCC1)C(=O)[C@@H](CC(=O)NCC(=O)N(C)C)Cc1csc(N)n1. The Bertz CT molecular complexity index is 1050. The van der Waals surface area contributed by atoms with Gasteiger partial charge in [0, 0.05) is 38.9 Å². The molecule has 2 aliphatic carbocycles. The van der Waals surface area contributed by atoms with Gasteiger partial charge in [0.05, 0.1) is 30.3 Å². The highest BCUT2D eigenvalue weighted by Crippen LogP contribution is 2.34. The molecule has 1 aromatic heterocycles. The Balaban J connectivity index is 1.97. The molecule has 3 amide bonds. The molecular formula is C34H59N5O5S. The number of nitrogens with one attached hydrogen (secondary N) is 1. The van der Waals surface area contributed by atoms with Crippen molar-refractivity contribution in [1.29, 1.82) is 0 Å². The molecule has 5 N–H and O–H groups in total. The fourth-order valence-corrected chi connectivity index (χ4v) is 7.66. The van der Waals surface area contributed by atoms with Crippen molar-refractivity contribution < 1.29 is 24.6 Å². The van der Waals surface area contributed by atoms with Gasteiger partial charge in [0.25, 0.3) is 0 Å². The molecule has 45 heavy (non-hydrogen) atoms. The number of nitrogen functional groups attached to an aromatic ring is 1. The van der Waals surface area contributed by atoms with Gasteiger partial charge in [0.15, 0.2) is 5.13 Å². The molecule has 11 heteroatoms. The molecule has 0 aromatic carbocycles. The number of aliphatic hydroxyl groups is 2. The van der Waals surface area contributed by atoms with Gasteiger partial charge in [-0.15, -0.1) is 11.3 Å². The molecule has 3 rings (SSSR count). The van der Waals surface area contributed by atoms with Crippen LogP contribution in [0.5, 0.6) is 0 Å². The van der Waals surface area contributed by atoms with Crippen LogP contribution in [0.3, 0.4) is 0 Å². The number of rotatable bonds is 16. The van der Waals surface area contributed by atoms with Crippen molar-refractivity contribution in [3.63, 3.8) is 0 Å². The number of hydrogen-bond acceptors (Lipinski definition) is 8. The van der Waals surface area contributed by atoms with Crippen molar-refractivity contribution in [2.75, 3.05) is 32.9 Å². The number of nitrogens with two attached hydrogens (primary N) is 1. The molecule has 0 radical (unpaired) electrons. The maximum atomic E-state index is 14.9. The summed E-state index contributed by atoms with van der Waals surface area (Å²) in [4.78, 5) is 47.9. The fourth-order valence-electron chi connectivity index (χ4n) is 7.09. The fraction of sp³-hybridized carbons (Fsp3) is 0.824. The second-order valence-corrected chi connectivity index (χ2v) is 15.1. The van der Waals surface area contributed by atoms with Gasteiger partial charge >= 0.3 is 0 Å². The van der Waals surface area contributed by atoms with Gasteiger partial charge < -0.3 is 31.1 Å². The molecule has 0 aliphatic heterocycles. The number of carbonyl (C=O) groups excluding carboxylic acids is 3. The first-order valence-corrected chi connectivity index (χ1v) is 18.2. The Labute approximate surface area is 274 Å². The normalized spacial score (nSPS) is 19.4. The van der Waals surface area contributed by atoms with Gasteiger partial charge in [-0.05, 0) is 43.4 Å². The summed E-state index contributed by atoms with van der Waals surface area (Å²) in [5, 5.41) is 28.0. The minimum atomic E-state index is -1.09. The quantitative estimate of drug-likeness (QED) is 0.194. The Kier molecular flexibility index (Phi) is 15.5. The van der Waals surface area contributed by atoms with Crippen LogP contribution in [-0.4, -0.2) is 88.2 Å². The third-order valence-corrected chi connectivity index (χ3v) is 10.4. The maximum absolute atomic E-state index is 14.9. The molecule has 10 nitrogen and oxygen atoms in total. The number of carbonyl (C=O) groups is 3. The summed E-state index contributed by atoms with van der Waals surface area (Å²) in [5.74, 6) is -0.722. The number of thiazole rings is 1. The highest BCUT2D eigenvalue weighted by atomic mass is 32.1. The van der Waals surface area contributed by atoms with E-state index >= 15 is 0 Å². The van der Waals surface area contributed by atoms with Crippen molar-refractivity contribution in [2.45, 2.75) is 128 Å². The number of nitrogens with zero attached hydrogens (tertiary/aromatic N) is 3.